The molecule has 0 radical (unpaired) electrons. The van der Waals surface area contributed by atoms with E-state index >= 15 is 0 Å². The number of hydrogen-bond acceptors (Lipinski definition) is 3. The molecule has 1 heterocycles. The molecule has 16 heavy (non-hydrogen) atoms. The van der Waals surface area contributed by atoms with Gasteiger partial charge in [-0.1, -0.05) is 13.3 Å². The third-order valence-corrected chi connectivity index (χ3v) is 2.83. The predicted molar refractivity (Wildman–Crippen MR) is 61.9 cm³/mol. The van der Waals surface area contributed by atoms with Crippen LogP contribution in [-0.2, 0) is 9.59 Å². The second-order valence-corrected chi connectivity index (χ2v) is 4.11. The smallest absolute Gasteiger partial charge is 0.242 e. The van der Waals surface area contributed by atoms with E-state index in [4.69, 9.17) is 0 Å². The summed E-state index contributed by atoms with van der Waals surface area (Å²) in [6.07, 6.45) is 3.43. The Hall–Kier alpha value is -1.10. The van der Waals surface area contributed by atoms with Crippen LogP contribution in [0.25, 0.3) is 0 Å². The molecule has 0 aromatic heterocycles. The monoisotopic (exact) mass is 227 g/mol. The minimum absolute atomic E-state index is 0.0560. The molecule has 5 heteroatoms. The second kappa shape index (κ2) is 6.48. The zero-order valence-electron chi connectivity index (χ0n) is 10.0. The van der Waals surface area contributed by atoms with Gasteiger partial charge >= 0.3 is 0 Å². The molecule has 0 saturated carbocycles. The van der Waals surface area contributed by atoms with Crippen LogP contribution in [0.1, 0.15) is 32.6 Å². The minimum atomic E-state index is -0.398. The summed E-state index contributed by atoms with van der Waals surface area (Å²) in [5.41, 5.74) is 0. The lowest BCUT2D eigenvalue weighted by atomic mass is 10.1. The summed E-state index contributed by atoms with van der Waals surface area (Å²) in [6.45, 7) is 2.88. The molecule has 1 aliphatic rings. The van der Waals surface area contributed by atoms with E-state index in [1.165, 1.54) is 0 Å². The van der Waals surface area contributed by atoms with Crippen LogP contribution in [-0.4, -0.2) is 37.5 Å². The summed E-state index contributed by atoms with van der Waals surface area (Å²) in [5, 5.41) is 8.49. The van der Waals surface area contributed by atoms with E-state index in [1.54, 1.807) is 7.05 Å². The van der Waals surface area contributed by atoms with Gasteiger partial charge in [0, 0.05) is 7.05 Å². The molecule has 1 saturated heterocycles. The SMILES string of the molecule is CCCC(NC(=O)C1CCCN1)C(=O)NC. The van der Waals surface area contributed by atoms with Crippen molar-refractivity contribution in [3.63, 3.8) is 0 Å². The highest BCUT2D eigenvalue weighted by molar-refractivity contribution is 5.89. The summed E-state index contributed by atoms with van der Waals surface area (Å²) < 4.78 is 0. The molecule has 0 spiro atoms. The van der Waals surface area contributed by atoms with Gasteiger partial charge in [-0.15, -0.1) is 0 Å². The van der Waals surface area contributed by atoms with E-state index in [0.29, 0.717) is 6.42 Å². The quantitative estimate of drug-likeness (QED) is 0.607. The predicted octanol–water partition coefficient (Wildman–Crippen LogP) is -0.231. The Morgan fingerprint density at radius 1 is 1.50 bits per heavy atom. The van der Waals surface area contributed by atoms with Gasteiger partial charge < -0.3 is 16.0 Å². The van der Waals surface area contributed by atoms with Gasteiger partial charge in [0.1, 0.15) is 6.04 Å². The zero-order chi connectivity index (χ0) is 12.0. The first-order chi connectivity index (χ1) is 7.69. The van der Waals surface area contributed by atoms with E-state index in [2.05, 4.69) is 16.0 Å². The Kier molecular flexibility index (Phi) is 5.25. The minimum Gasteiger partial charge on any atom is -0.357 e. The number of amides is 2. The molecule has 0 bridgehead atoms. The van der Waals surface area contributed by atoms with E-state index in [9.17, 15) is 9.59 Å². The normalized spacial score (nSPS) is 21.5. The van der Waals surface area contributed by atoms with Gasteiger partial charge in [-0.05, 0) is 25.8 Å². The van der Waals surface area contributed by atoms with Crippen molar-refractivity contribution < 1.29 is 9.59 Å². The molecule has 1 fully saturated rings. The van der Waals surface area contributed by atoms with Gasteiger partial charge in [-0.3, -0.25) is 9.59 Å². The molecule has 92 valence electrons. The number of likely N-dealkylation sites (N-methyl/N-ethyl adjacent to an activating group) is 1. The Morgan fingerprint density at radius 2 is 2.25 bits per heavy atom. The van der Waals surface area contributed by atoms with Crippen LogP contribution in [0, 0.1) is 0 Å². The zero-order valence-corrected chi connectivity index (χ0v) is 10.0. The van der Waals surface area contributed by atoms with Gasteiger partial charge in [-0.2, -0.15) is 0 Å². The fraction of sp³-hybridized carbons (Fsp3) is 0.818. The Labute approximate surface area is 96.4 Å². The standard InChI is InChI=1S/C11H21N3O2/c1-3-5-9(10(15)12-2)14-11(16)8-6-4-7-13-8/h8-9,13H,3-7H2,1-2H3,(H,12,15)(H,14,16). The summed E-state index contributed by atoms with van der Waals surface area (Å²) in [6, 6.07) is -0.520. The lowest BCUT2D eigenvalue weighted by Gasteiger charge is -2.19. The van der Waals surface area contributed by atoms with Crippen LogP contribution < -0.4 is 16.0 Å². The van der Waals surface area contributed by atoms with Crippen molar-refractivity contribution in [2.45, 2.75) is 44.7 Å². The molecule has 0 aromatic carbocycles. The summed E-state index contributed by atoms with van der Waals surface area (Å²) in [4.78, 5) is 23.3. The topological polar surface area (TPSA) is 70.2 Å². The van der Waals surface area contributed by atoms with Crippen molar-refractivity contribution in [3.8, 4) is 0 Å². The third kappa shape index (κ3) is 3.48. The van der Waals surface area contributed by atoms with Gasteiger partial charge in [0.05, 0.1) is 6.04 Å². The van der Waals surface area contributed by atoms with Gasteiger partial charge in [0.25, 0.3) is 0 Å². The van der Waals surface area contributed by atoms with Crippen LogP contribution in [0.2, 0.25) is 0 Å². The van der Waals surface area contributed by atoms with Crippen molar-refractivity contribution in [1.82, 2.24) is 16.0 Å². The molecule has 1 aliphatic heterocycles. The highest BCUT2D eigenvalue weighted by Crippen LogP contribution is 2.06. The lowest BCUT2D eigenvalue weighted by molar-refractivity contribution is -0.129. The molecular formula is C11H21N3O2. The molecule has 2 atom stereocenters. The first-order valence-corrected chi connectivity index (χ1v) is 5.94. The van der Waals surface area contributed by atoms with Gasteiger partial charge in [0.2, 0.25) is 11.8 Å². The van der Waals surface area contributed by atoms with Crippen LogP contribution in [0.4, 0.5) is 0 Å². The second-order valence-electron chi connectivity index (χ2n) is 4.11. The first kappa shape index (κ1) is 13.0. The highest BCUT2D eigenvalue weighted by Gasteiger charge is 2.26. The number of hydrogen-bond donors (Lipinski definition) is 3. The molecule has 1 rings (SSSR count). The molecule has 0 aliphatic carbocycles. The van der Waals surface area contributed by atoms with E-state index in [1.807, 2.05) is 6.92 Å². The van der Waals surface area contributed by atoms with Crippen LogP contribution in [0.15, 0.2) is 0 Å². The maximum absolute atomic E-state index is 11.8. The first-order valence-electron chi connectivity index (χ1n) is 5.94. The maximum atomic E-state index is 11.8. The maximum Gasteiger partial charge on any atom is 0.242 e. The Morgan fingerprint density at radius 3 is 2.75 bits per heavy atom. The fourth-order valence-electron chi connectivity index (χ4n) is 1.91. The van der Waals surface area contributed by atoms with Gasteiger partial charge in [-0.25, -0.2) is 0 Å². The highest BCUT2D eigenvalue weighted by atomic mass is 16.2. The number of carbonyl (C=O) groups excluding carboxylic acids is 2. The van der Waals surface area contributed by atoms with Crippen molar-refractivity contribution in [1.29, 1.82) is 0 Å². The average molecular weight is 227 g/mol. The summed E-state index contributed by atoms with van der Waals surface area (Å²) in [5.74, 6) is -0.173. The average Bonchev–Trinajstić information content (AvgIpc) is 2.80. The number of carbonyl (C=O) groups is 2. The third-order valence-electron chi connectivity index (χ3n) is 2.83. The lowest BCUT2D eigenvalue weighted by Crippen LogP contribution is -2.50. The van der Waals surface area contributed by atoms with Crippen molar-refractivity contribution in [2.24, 2.45) is 0 Å². The molecule has 2 amide bonds. The van der Waals surface area contributed by atoms with Crippen molar-refractivity contribution in [3.05, 3.63) is 0 Å². The number of nitrogens with one attached hydrogen (secondary N) is 3. The van der Waals surface area contributed by atoms with Gasteiger partial charge in [0.15, 0.2) is 0 Å². The van der Waals surface area contributed by atoms with Crippen LogP contribution in [0.3, 0.4) is 0 Å². The van der Waals surface area contributed by atoms with E-state index in [0.717, 1.165) is 25.8 Å². The van der Waals surface area contributed by atoms with E-state index in [-0.39, 0.29) is 17.9 Å². The largest absolute Gasteiger partial charge is 0.357 e. The van der Waals surface area contributed by atoms with Crippen molar-refractivity contribution >= 4 is 11.8 Å². The molecule has 5 nitrogen and oxygen atoms in total. The van der Waals surface area contributed by atoms with Crippen LogP contribution in [0.5, 0.6) is 0 Å². The van der Waals surface area contributed by atoms with Crippen molar-refractivity contribution in [2.75, 3.05) is 13.6 Å². The van der Waals surface area contributed by atoms with Crippen LogP contribution >= 0.6 is 0 Å². The molecular weight excluding hydrogens is 206 g/mol. The Balaban J connectivity index is 2.46. The number of rotatable bonds is 5. The molecule has 2 unspecified atom stereocenters. The fourth-order valence-corrected chi connectivity index (χ4v) is 1.91. The van der Waals surface area contributed by atoms with E-state index < -0.39 is 6.04 Å². The summed E-state index contributed by atoms with van der Waals surface area (Å²) in [7, 11) is 1.59. The summed E-state index contributed by atoms with van der Waals surface area (Å²) >= 11 is 0. The Bertz CT molecular complexity index is 250. The molecule has 0 aromatic rings. The molecule has 3 N–H and O–H groups in total.